The first-order valence-electron chi connectivity index (χ1n) is 5.85. The van der Waals surface area contributed by atoms with Crippen LogP contribution in [0.1, 0.15) is 33.1 Å². The fraction of sp³-hybridized carbons (Fsp3) is 0.833. The minimum Gasteiger partial charge on any atom is -0.369 e. The summed E-state index contributed by atoms with van der Waals surface area (Å²) in [5.41, 5.74) is 5.39. The smallest absolute Gasteiger partial charge is 0.231 e. The molecular formula is C12H21N3O. The summed E-state index contributed by atoms with van der Waals surface area (Å²) < 4.78 is 0. The Balaban J connectivity index is 2.50. The Morgan fingerprint density at radius 3 is 2.56 bits per heavy atom. The van der Waals surface area contributed by atoms with Crippen LogP contribution >= 0.6 is 0 Å². The van der Waals surface area contributed by atoms with Crippen LogP contribution in [-0.4, -0.2) is 30.4 Å². The molecule has 2 N–H and O–H groups in total. The molecule has 0 aliphatic heterocycles. The van der Waals surface area contributed by atoms with Crippen molar-refractivity contribution in [1.82, 2.24) is 4.90 Å². The van der Waals surface area contributed by atoms with E-state index in [0.29, 0.717) is 18.9 Å². The van der Waals surface area contributed by atoms with Crippen LogP contribution in [0, 0.1) is 22.7 Å². The molecule has 0 heterocycles. The number of rotatable bonds is 7. The van der Waals surface area contributed by atoms with Crippen molar-refractivity contribution in [3.63, 3.8) is 0 Å². The summed E-state index contributed by atoms with van der Waals surface area (Å²) in [4.78, 5) is 13.1. The molecule has 1 amide bonds. The van der Waals surface area contributed by atoms with E-state index in [1.165, 1.54) is 0 Å². The quantitative estimate of drug-likeness (QED) is 0.703. The second-order valence-corrected chi connectivity index (χ2v) is 5.36. The topological polar surface area (TPSA) is 70.1 Å². The number of carbonyl (C=O) groups excluding carboxylic acids is 1. The first-order chi connectivity index (χ1) is 7.47. The zero-order chi connectivity index (χ0) is 12.2. The molecule has 0 radical (unpaired) electrons. The molecule has 1 saturated carbocycles. The number of carbonyl (C=O) groups is 1. The average molecular weight is 223 g/mol. The van der Waals surface area contributed by atoms with E-state index in [0.717, 1.165) is 25.9 Å². The minimum absolute atomic E-state index is 0.152. The van der Waals surface area contributed by atoms with Gasteiger partial charge in [-0.3, -0.25) is 9.69 Å². The molecule has 0 spiro atoms. The van der Waals surface area contributed by atoms with Gasteiger partial charge in [0.2, 0.25) is 5.91 Å². The molecule has 0 aromatic carbocycles. The van der Waals surface area contributed by atoms with Crippen LogP contribution in [0.15, 0.2) is 0 Å². The van der Waals surface area contributed by atoms with Gasteiger partial charge in [0.05, 0.1) is 12.6 Å². The lowest BCUT2D eigenvalue weighted by Crippen LogP contribution is -2.39. The number of amides is 1. The Hall–Kier alpha value is -1.08. The van der Waals surface area contributed by atoms with Gasteiger partial charge in [0.15, 0.2) is 0 Å². The van der Waals surface area contributed by atoms with E-state index in [4.69, 9.17) is 11.0 Å². The van der Waals surface area contributed by atoms with Gasteiger partial charge in [-0.1, -0.05) is 13.8 Å². The predicted molar refractivity (Wildman–Crippen MR) is 62.4 cm³/mol. The normalized spacial score (nSPS) is 17.4. The highest BCUT2D eigenvalue weighted by Gasteiger charge is 2.43. The molecule has 4 nitrogen and oxygen atoms in total. The molecule has 16 heavy (non-hydrogen) atoms. The van der Waals surface area contributed by atoms with Crippen LogP contribution < -0.4 is 5.73 Å². The second kappa shape index (κ2) is 5.31. The van der Waals surface area contributed by atoms with E-state index in [-0.39, 0.29) is 11.3 Å². The monoisotopic (exact) mass is 223 g/mol. The molecule has 0 aromatic heterocycles. The first-order valence-corrected chi connectivity index (χ1v) is 5.85. The van der Waals surface area contributed by atoms with Crippen LogP contribution in [-0.2, 0) is 4.79 Å². The zero-order valence-electron chi connectivity index (χ0n) is 10.2. The summed E-state index contributed by atoms with van der Waals surface area (Å²) in [5.74, 6) is 0.227. The van der Waals surface area contributed by atoms with Gasteiger partial charge in [-0.2, -0.15) is 5.26 Å². The standard InChI is InChI=1S/C12H21N3O/c1-10(2)7-15(8-11(14)16)9-12(3-4-12)5-6-13/h10H,3-5,7-9H2,1-2H3,(H2,14,16). The number of nitrogens with zero attached hydrogens (tertiary/aromatic N) is 2. The Morgan fingerprint density at radius 2 is 2.19 bits per heavy atom. The molecule has 0 aromatic rings. The van der Waals surface area contributed by atoms with Gasteiger partial charge in [0.25, 0.3) is 0 Å². The first kappa shape index (κ1) is 13.0. The molecule has 90 valence electrons. The Labute approximate surface area is 97.4 Å². The molecule has 0 unspecified atom stereocenters. The fourth-order valence-corrected chi connectivity index (χ4v) is 2.13. The highest BCUT2D eigenvalue weighted by atomic mass is 16.1. The molecule has 0 atom stereocenters. The van der Waals surface area contributed by atoms with E-state index in [2.05, 4.69) is 24.8 Å². The summed E-state index contributed by atoms with van der Waals surface area (Å²) in [6.45, 7) is 6.26. The summed E-state index contributed by atoms with van der Waals surface area (Å²) in [6, 6.07) is 2.24. The van der Waals surface area contributed by atoms with Crippen LogP contribution in [0.2, 0.25) is 0 Å². The van der Waals surface area contributed by atoms with E-state index in [9.17, 15) is 4.79 Å². The fourth-order valence-electron chi connectivity index (χ4n) is 2.13. The van der Waals surface area contributed by atoms with Gasteiger partial charge in [-0.15, -0.1) is 0 Å². The maximum Gasteiger partial charge on any atom is 0.231 e. The Kier molecular flexibility index (Phi) is 4.31. The summed E-state index contributed by atoms with van der Waals surface area (Å²) in [6.07, 6.45) is 2.81. The van der Waals surface area contributed by atoms with Crippen molar-refractivity contribution < 1.29 is 4.79 Å². The van der Waals surface area contributed by atoms with Gasteiger partial charge < -0.3 is 5.73 Å². The van der Waals surface area contributed by atoms with Crippen LogP contribution in [0.4, 0.5) is 0 Å². The van der Waals surface area contributed by atoms with E-state index in [1.54, 1.807) is 0 Å². The third-order valence-electron chi connectivity index (χ3n) is 2.97. The van der Waals surface area contributed by atoms with Crippen LogP contribution in [0.3, 0.4) is 0 Å². The maximum atomic E-state index is 11.0. The number of hydrogen-bond donors (Lipinski definition) is 1. The molecule has 1 rings (SSSR count). The van der Waals surface area contributed by atoms with Gasteiger partial charge >= 0.3 is 0 Å². The average Bonchev–Trinajstić information content (AvgIpc) is 2.82. The SMILES string of the molecule is CC(C)CN(CC(N)=O)CC1(CC#N)CC1. The van der Waals surface area contributed by atoms with Gasteiger partial charge in [-0.25, -0.2) is 0 Å². The Bertz CT molecular complexity index is 289. The van der Waals surface area contributed by atoms with E-state index < -0.39 is 0 Å². The van der Waals surface area contributed by atoms with Gasteiger partial charge in [-0.05, 0) is 24.2 Å². The van der Waals surface area contributed by atoms with Crippen molar-refractivity contribution in [2.45, 2.75) is 33.1 Å². The number of nitriles is 1. The van der Waals surface area contributed by atoms with Crippen molar-refractivity contribution in [3.8, 4) is 6.07 Å². The Morgan fingerprint density at radius 1 is 1.56 bits per heavy atom. The molecule has 0 bridgehead atoms. The zero-order valence-corrected chi connectivity index (χ0v) is 10.2. The highest BCUT2D eigenvalue weighted by molar-refractivity contribution is 5.75. The number of primary amides is 1. The van der Waals surface area contributed by atoms with E-state index >= 15 is 0 Å². The largest absolute Gasteiger partial charge is 0.369 e. The van der Waals surface area contributed by atoms with Crippen molar-refractivity contribution in [1.29, 1.82) is 5.26 Å². The van der Waals surface area contributed by atoms with E-state index in [1.807, 2.05) is 0 Å². The summed E-state index contributed by atoms with van der Waals surface area (Å²) in [7, 11) is 0. The predicted octanol–water partition coefficient (Wildman–Crippen LogP) is 1.12. The van der Waals surface area contributed by atoms with Crippen molar-refractivity contribution in [3.05, 3.63) is 0 Å². The lowest BCUT2D eigenvalue weighted by atomic mass is 10.0. The molecule has 0 saturated heterocycles. The van der Waals surface area contributed by atoms with Crippen LogP contribution in [0.25, 0.3) is 0 Å². The highest BCUT2D eigenvalue weighted by Crippen LogP contribution is 2.49. The molecule has 1 aliphatic carbocycles. The molecule has 1 fully saturated rings. The summed E-state index contributed by atoms with van der Waals surface area (Å²) >= 11 is 0. The van der Waals surface area contributed by atoms with Crippen LogP contribution in [0.5, 0.6) is 0 Å². The number of hydrogen-bond acceptors (Lipinski definition) is 3. The lowest BCUT2D eigenvalue weighted by molar-refractivity contribution is -0.119. The molecular weight excluding hydrogens is 202 g/mol. The third kappa shape index (κ3) is 4.19. The van der Waals surface area contributed by atoms with Gasteiger partial charge in [0.1, 0.15) is 0 Å². The lowest BCUT2D eigenvalue weighted by Gasteiger charge is -2.26. The minimum atomic E-state index is -0.284. The van der Waals surface area contributed by atoms with Crippen molar-refractivity contribution >= 4 is 5.91 Å². The second-order valence-electron chi connectivity index (χ2n) is 5.36. The van der Waals surface area contributed by atoms with Crippen molar-refractivity contribution in [2.24, 2.45) is 17.1 Å². The molecule has 1 aliphatic rings. The maximum absolute atomic E-state index is 11.0. The summed E-state index contributed by atoms with van der Waals surface area (Å²) in [5, 5.41) is 8.76. The molecule has 4 heteroatoms. The van der Waals surface area contributed by atoms with Crippen molar-refractivity contribution in [2.75, 3.05) is 19.6 Å². The third-order valence-corrected chi connectivity index (χ3v) is 2.97. The van der Waals surface area contributed by atoms with Gasteiger partial charge in [0, 0.05) is 19.5 Å². The number of nitrogens with two attached hydrogens (primary N) is 1.